The van der Waals surface area contributed by atoms with Gasteiger partial charge >= 0.3 is 23.1 Å². The second kappa shape index (κ2) is 7.87. The monoisotopic (exact) mass is 245 g/mol. The van der Waals surface area contributed by atoms with Crippen LogP contribution in [0.15, 0.2) is 0 Å². The van der Waals surface area contributed by atoms with E-state index in [1.807, 2.05) is 0 Å². The van der Waals surface area contributed by atoms with Crippen LogP contribution in [0.1, 0.15) is 0 Å². The molecule has 0 aliphatic heterocycles. The fourth-order valence-corrected chi connectivity index (χ4v) is 0.447. The van der Waals surface area contributed by atoms with Gasteiger partial charge < -0.3 is 14.8 Å². The number of rotatable bonds is 2. The Bertz CT molecular complexity index is 284. The average molecular weight is 246 g/mol. The summed E-state index contributed by atoms with van der Waals surface area (Å²) in [4.78, 5) is 0. The second-order valence-corrected chi connectivity index (χ2v) is 3.87. The van der Waals surface area contributed by atoms with E-state index in [0.29, 0.717) is 0 Å². The summed E-state index contributed by atoms with van der Waals surface area (Å²) in [5.74, 6) is -0.354. The summed E-state index contributed by atoms with van der Waals surface area (Å²) in [6.45, 7) is -0.0289. The summed E-state index contributed by atoms with van der Waals surface area (Å²) >= 11 is 0. The molecular formula is C2H7MgNO7S2. The molecule has 0 aromatic heterocycles. The van der Waals surface area contributed by atoms with E-state index in [-0.39, 0.29) is 35.4 Å². The van der Waals surface area contributed by atoms with Gasteiger partial charge in [0, 0.05) is 16.9 Å². The summed E-state index contributed by atoms with van der Waals surface area (Å²) in [7, 11) is -8.97. The van der Waals surface area contributed by atoms with Crippen LogP contribution in [0, 0.1) is 0 Å². The smallest absolute Gasteiger partial charge is 0.759 e. The minimum atomic E-state index is -5.17. The van der Waals surface area contributed by atoms with Gasteiger partial charge in [-0.3, -0.25) is 13.0 Å². The molecule has 0 radical (unpaired) electrons. The first-order valence-corrected chi connectivity index (χ1v) is 5.32. The number of nitrogens with two attached hydrogens (primary N) is 1. The molecule has 0 bridgehead atoms. The van der Waals surface area contributed by atoms with Crippen molar-refractivity contribution in [1.29, 1.82) is 0 Å². The number of hydrogen-bond donors (Lipinski definition) is 2. The predicted molar refractivity (Wildman–Crippen MR) is 41.7 cm³/mol. The fraction of sp³-hybridized carbons (Fsp3) is 1.00. The minimum absolute atomic E-state index is 0. The van der Waals surface area contributed by atoms with E-state index in [2.05, 4.69) is 0 Å². The van der Waals surface area contributed by atoms with E-state index in [4.69, 9.17) is 27.8 Å². The molecule has 0 amide bonds. The van der Waals surface area contributed by atoms with E-state index in [0.717, 1.165) is 0 Å². The van der Waals surface area contributed by atoms with E-state index in [9.17, 15) is 8.42 Å². The third kappa shape index (κ3) is 68.0. The van der Waals surface area contributed by atoms with Crippen LogP contribution in [0.3, 0.4) is 0 Å². The average Bonchev–Trinajstić information content (AvgIpc) is 1.54. The topological polar surface area (TPSA) is 161 Å². The van der Waals surface area contributed by atoms with Gasteiger partial charge in [-0.25, -0.2) is 0 Å². The molecule has 0 fully saturated rings. The summed E-state index contributed by atoms with van der Waals surface area (Å²) < 4.78 is 61.4. The van der Waals surface area contributed by atoms with Crippen molar-refractivity contribution in [2.24, 2.45) is 5.73 Å². The van der Waals surface area contributed by atoms with Gasteiger partial charge in [0.2, 0.25) is 0 Å². The second-order valence-electron chi connectivity index (χ2n) is 1.48. The maximum atomic E-state index is 9.71. The molecule has 0 aliphatic carbocycles. The van der Waals surface area contributed by atoms with Gasteiger partial charge in [0.15, 0.2) is 0 Å². The van der Waals surface area contributed by atoms with Crippen molar-refractivity contribution < 1.29 is 30.5 Å². The maximum absolute atomic E-state index is 9.71. The van der Waals surface area contributed by atoms with Crippen LogP contribution in [-0.4, -0.2) is 65.8 Å². The molecule has 0 spiro atoms. The maximum Gasteiger partial charge on any atom is 2.00 e. The fourth-order valence-electron chi connectivity index (χ4n) is 0.149. The van der Waals surface area contributed by atoms with Crippen LogP contribution in [0.25, 0.3) is 0 Å². The summed E-state index contributed by atoms with van der Waals surface area (Å²) in [6.07, 6.45) is 0. The Morgan fingerprint density at radius 3 is 1.38 bits per heavy atom. The Morgan fingerprint density at radius 1 is 1.15 bits per heavy atom. The third-order valence-corrected chi connectivity index (χ3v) is 1.13. The van der Waals surface area contributed by atoms with Crippen LogP contribution >= 0.6 is 0 Å². The Hall–Kier alpha value is 0.506. The molecule has 0 unspecified atom stereocenters. The largest absolute Gasteiger partial charge is 2.00 e. The van der Waals surface area contributed by atoms with Gasteiger partial charge in [-0.2, -0.15) is 8.42 Å². The Morgan fingerprint density at radius 2 is 1.38 bits per heavy atom. The van der Waals surface area contributed by atoms with Crippen molar-refractivity contribution in [1.82, 2.24) is 0 Å². The summed E-state index contributed by atoms with van der Waals surface area (Å²) in [5.41, 5.74) is 4.78. The molecule has 0 heterocycles. The van der Waals surface area contributed by atoms with Gasteiger partial charge in [0.05, 0.1) is 5.75 Å². The molecule has 3 N–H and O–H groups in total. The zero-order chi connectivity index (χ0) is 10.4. The molecule has 13 heavy (non-hydrogen) atoms. The summed E-state index contributed by atoms with van der Waals surface area (Å²) in [5, 5.41) is 0. The summed E-state index contributed by atoms with van der Waals surface area (Å²) in [6, 6.07) is 0. The Kier molecular flexibility index (Phi) is 11.6. The molecule has 0 aliphatic rings. The predicted octanol–water partition coefficient (Wildman–Crippen LogP) is -2.89. The van der Waals surface area contributed by atoms with E-state index in [1.165, 1.54) is 0 Å². The van der Waals surface area contributed by atoms with Crippen molar-refractivity contribution in [3.05, 3.63) is 0 Å². The molecule has 0 aromatic rings. The Labute approximate surface area is 92.0 Å². The normalized spacial score (nSPS) is 10.8. The molecule has 11 heteroatoms. The standard InChI is InChI=1S/C2H7NO3S.Mg.H2O4S/c3-1-2-7(4,5)6;;1-5(2,3)4/h1-3H2,(H,4,5,6);;(H2,1,2,3,4)/q;+2;/p-2. The first-order chi connectivity index (χ1) is 5.06. The van der Waals surface area contributed by atoms with Crippen LogP contribution < -0.4 is 5.73 Å². The van der Waals surface area contributed by atoms with Gasteiger partial charge in [-0.15, -0.1) is 0 Å². The minimum Gasteiger partial charge on any atom is -0.759 e. The van der Waals surface area contributed by atoms with E-state index < -0.39 is 20.5 Å². The van der Waals surface area contributed by atoms with Gasteiger partial charge in [-0.1, -0.05) is 0 Å². The van der Waals surface area contributed by atoms with Crippen LogP contribution in [0.4, 0.5) is 0 Å². The molecule has 0 atom stereocenters. The van der Waals surface area contributed by atoms with Crippen molar-refractivity contribution in [2.75, 3.05) is 12.3 Å². The van der Waals surface area contributed by atoms with Crippen LogP contribution in [0.2, 0.25) is 0 Å². The molecule has 0 rings (SSSR count). The Balaban J connectivity index is -0.000000150. The molecule has 76 valence electrons. The number of hydrogen-bond acceptors (Lipinski definition) is 7. The van der Waals surface area contributed by atoms with Crippen LogP contribution in [-0.2, 0) is 20.5 Å². The molecule has 0 aromatic carbocycles. The van der Waals surface area contributed by atoms with Crippen molar-refractivity contribution in [3.8, 4) is 0 Å². The van der Waals surface area contributed by atoms with Gasteiger partial charge in [-0.05, 0) is 0 Å². The zero-order valence-corrected chi connectivity index (χ0v) is 9.46. The first kappa shape index (κ1) is 19.1. The quantitative estimate of drug-likeness (QED) is 0.298. The molecule has 0 saturated carbocycles. The van der Waals surface area contributed by atoms with Gasteiger partial charge in [0.25, 0.3) is 10.1 Å². The SMILES string of the molecule is NCCS(=O)(=O)O.O=S(=O)([O-])[O-].[Mg+2]. The molecular weight excluding hydrogens is 238 g/mol. The third-order valence-electron chi connectivity index (χ3n) is 0.376. The van der Waals surface area contributed by atoms with Crippen molar-refractivity contribution >= 4 is 43.6 Å². The molecule has 0 saturated heterocycles. The van der Waals surface area contributed by atoms with Crippen LogP contribution in [0.5, 0.6) is 0 Å². The van der Waals surface area contributed by atoms with E-state index in [1.54, 1.807) is 0 Å². The van der Waals surface area contributed by atoms with Crippen molar-refractivity contribution in [2.45, 2.75) is 0 Å². The van der Waals surface area contributed by atoms with E-state index >= 15 is 0 Å². The first-order valence-electron chi connectivity index (χ1n) is 2.38. The van der Waals surface area contributed by atoms with Gasteiger partial charge in [0.1, 0.15) is 0 Å². The zero-order valence-electron chi connectivity index (χ0n) is 6.41. The van der Waals surface area contributed by atoms with Crippen molar-refractivity contribution in [3.63, 3.8) is 0 Å². The molecule has 8 nitrogen and oxygen atoms in total.